The number of fused-ring (bicyclic) bond motifs is 1. The molecule has 16 heteroatoms. The Kier molecular flexibility index (Phi) is 12.2. The van der Waals surface area contributed by atoms with Crippen LogP contribution in [0.5, 0.6) is 0 Å². The zero-order chi connectivity index (χ0) is 40.1. The zero-order valence-electron chi connectivity index (χ0n) is 34.0. The molecule has 5 amide bonds. The molecule has 0 aromatic carbocycles. The minimum Gasteiger partial charge on any atom is -0.381 e. The van der Waals surface area contributed by atoms with Gasteiger partial charge in [-0.1, -0.05) is 75.2 Å². The Morgan fingerprint density at radius 2 is 1.56 bits per heavy atom. The van der Waals surface area contributed by atoms with Gasteiger partial charge in [0, 0.05) is 43.7 Å². The molecule has 5 fully saturated rings. The maximum Gasteiger partial charge on any atom is 0.315 e. The second kappa shape index (κ2) is 15.4. The molecule has 2 aliphatic heterocycles. The Hall–Kier alpha value is -2.53. The largest absolute Gasteiger partial charge is 0.381 e. The SMILES string of the molecule is CCCC(NC(=O)[C@@H]1C[C@@]2(CN1C(=O)[C@@H](NC(=O)N[C@@H](CNS(=O)(=O)N1CCOCC1)C(C)(C)C)C(C)(C)C)C(C)(C)C21CCC1)C(O)C(=O)NC1CC1. The first-order valence-electron chi connectivity index (χ1n) is 20.0. The van der Waals surface area contributed by atoms with Crippen LogP contribution in [0.15, 0.2) is 0 Å². The van der Waals surface area contributed by atoms with E-state index in [2.05, 4.69) is 39.8 Å². The summed E-state index contributed by atoms with van der Waals surface area (Å²) in [7, 11) is -3.81. The summed E-state index contributed by atoms with van der Waals surface area (Å²) in [6.07, 6.45) is 4.94. The summed E-state index contributed by atoms with van der Waals surface area (Å²) in [6, 6.07) is -3.92. The number of carbonyl (C=O) groups excluding carboxylic acids is 4. The molecule has 6 atom stereocenters. The molecule has 0 radical (unpaired) electrons. The topological polar surface area (TPSA) is 199 Å². The molecule has 2 unspecified atom stereocenters. The van der Waals surface area contributed by atoms with Gasteiger partial charge in [-0.05, 0) is 60.2 Å². The number of nitrogens with zero attached hydrogens (tertiary/aromatic N) is 2. The molecule has 5 rings (SSSR count). The number of amides is 5. The van der Waals surface area contributed by atoms with Crippen molar-refractivity contribution in [2.24, 2.45) is 27.1 Å². The molecule has 2 saturated heterocycles. The molecule has 2 heterocycles. The minimum atomic E-state index is -3.81. The van der Waals surface area contributed by atoms with Crippen LogP contribution < -0.4 is 26.0 Å². The number of hydrogen-bond acceptors (Lipinski definition) is 8. The third-order valence-electron chi connectivity index (χ3n) is 13.4. The number of carbonyl (C=O) groups is 4. The van der Waals surface area contributed by atoms with E-state index < -0.39 is 69.2 Å². The first-order chi connectivity index (χ1) is 25.0. The van der Waals surface area contributed by atoms with Crippen LogP contribution in [0.25, 0.3) is 0 Å². The predicted octanol–water partition coefficient (Wildman–Crippen LogP) is 2.00. The van der Waals surface area contributed by atoms with Crippen LogP contribution in [0.2, 0.25) is 0 Å². The maximum atomic E-state index is 14.9. The van der Waals surface area contributed by atoms with E-state index >= 15 is 0 Å². The molecule has 0 bridgehead atoms. The average molecular weight is 782 g/mol. The van der Waals surface area contributed by atoms with Crippen molar-refractivity contribution in [1.29, 1.82) is 0 Å². The summed E-state index contributed by atoms with van der Waals surface area (Å²) in [6.45, 7) is 19.0. The number of rotatable bonds is 14. The Bertz CT molecular complexity index is 1530. The molecule has 308 valence electrons. The quantitative estimate of drug-likeness (QED) is 0.154. The van der Waals surface area contributed by atoms with Crippen LogP contribution in [0.1, 0.15) is 114 Å². The highest BCUT2D eigenvalue weighted by Crippen LogP contribution is 2.88. The van der Waals surface area contributed by atoms with Gasteiger partial charge < -0.3 is 36.0 Å². The van der Waals surface area contributed by atoms with E-state index in [0.717, 1.165) is 32.1 Å². The normalized spacial score (nSPS) is 27.4. The van der Waals surface area contributed by atoms with Gasteiger partial charge in [-0.2, -0.15) is 12.7 Å². The lowest BCUT2D eigenvalue weighted by Crippen LogP contribution is -2.62. The van der Waals surface area contributed by atoms with E-state index in [4.69, 9.17) is 4.74 Å². The van der Waals surface area contributed by atoms with Gasteiger partial charge in [-0.25, -0.2) is 9.52 Å². The maximum absolute atomic E-state index is 14.9. The number of ether oxygens (including phenoxy) is 1. The van der Waals surface area contributed by atoms with E-state index in [1.54, 1.807) is 4.90 Å². The Morgan fingerprint density at radius 1 is 0.926 bits per heavy atom. The van der Waals surface area contributed by atoms with E-state index in [9.17, 15) is 32.7 Å². The lowest BCUT2D eigenvalue weighted by atomic mass is 9.73. The molecule has 2 spiro atoms. The summed E-state index contributed by atoms with van der Waals surface area (Å²) >= 11 is 0. The van der Waals surface area contributed by atoms with Crippen LogP contribution >= 0.6 is 0 Å². The van der Waals surface area contributed by atoms with Crippen LogP contribution in [0.4, 0.5) is 4.79 Å². The summed E-state index contributed by atoms with van der Waals surface area (Å²) in [5, 5.41) is 22.7. The highest BCUT2D eigenvalue weighted by atomic mass is 32.2. The summed E-state index contributed by atoms with van der Waals surface area (Å²) in [4.78, 5) is 57.5. The van der Waals surface area contributed by atoms with Gasteiger partial charge >= 0.3 is 6.03 Å². The lowest BCUT2D eigenvalue weighted by Gasteiger charge is -2.37. The van der Waals surface area contributed by atoms with E-state index in [1.165, 1.54) is 4.31 Å². The van der Waals surface area contributed by atoms with Crippen molar-refractivity contribution in [3.8, 4) is 0 Å². The van der Waals surface area contributed by atoms with Crippen LogP contribution in [-0.2, 0) is 29.3 Å². The van der Waals surface area contributed by atoms with Gasteiger partial charge in [-0.3, -0.25) is 14.4 Å². The van der Waals surface area contributed by atoms with E-state index in [-0.39, 0.29) is 47.8 Å². The van der Waals surface area contributed by atoms with Gasteiger partial charge in [-0.15, -0.1) is 0 Å². The molecule has 0 aromatic rings. The Balaban J connectivity index is 1.35. The van der Waals surface area contributed by atoms with Gasteiger partial charge in [0.1, 0.15) is 12.1 Å². The molecule has 15 nitrogen and oxygen atoms in total. The molecular weight excluding hydrogens is 715 g/mol. The Morgan fingerprint density at radius 3 is 2.06 bits per heavy atom. The zero-order valence-corrected chi connectivity index (χ0v) is 34.8. The summed E-state index contributed by atoms with van der Waals surface area (Å²) in [5.74, 6) is -1.30. The van der Waals surface area contributed by atoms with Gasteiger partial charge in [0.25, 0.3) is 16.1 Å². The van der Waals surface area contributed by atoms with Crippen LogP contribution in [0.3, 0.4) is 0 Å². The molecule has 54 heavy (non-hydrogen) atoms. The number of aliphatic hydroxyl groups excluding tert-OH is 1. The van der Waals surface area contributed by atoms with Crippen molar-refractivity contribution < 1.29 is 37.4 Å². The Labute approximate surface area is 322 Å². The summed E-state index contributed by atoms with van der Waals surface area (Å²) < 4.78 is 35.3. The molecule has 3 saturated carbocycles. The standard InChI is InChI=1S/C38H67N7O8S/c1-10-12-25(28(46)31(48)40-24-13-14-24)41-30(47)26-21-38(36(8,9)37(38)15-11-16-37)23-45(26)32(49)29(35(5,6)7)43-33(50)42-27(34(2,3)4)22-39-54(51,52)44-17-19-53-20-18-44/h24-29,39,46H,10-23H2,1-9H3,(H,40,48)(H,41,47)(H2,42,43,50)/t25?,26-,27-,28?,29+,38+/m0/s1. The predicted molar refractivity (Wildman–Crippen MR) is 204 cm³/mol. The first-order valence-corrected chi connectivity index (χ1v) is 21.4. The minimum absolute atomic E-state index is 0.0244. The monoisotopic (exact) mass is 781 g/mol. The average Bonchev–Trinajstić information content (AvgIpc) is 3.89. The second-order valence-electron chi connectivity index (χ2n) is 19.2. The van der Waals surface area contributed by atoms with Crippen molar-refractivity contribution in [1.82, 2.24) is 35.2 Å². The fraction of sp³-hybridized carbons (Fsp3) is 0.895. The highest BCUT2D eigenvalue weighted by Gasteiger charge is 2.85. The van der Waals surface area contributed by atoms with Gasteiger partial charge in [0.2, 0.25) is 11.8 Å². The molecule has 0 aromatic heterocycles. The fourth-order valence-electron chi connectivity index (χ4n) is 9.45. The van der Waals surface area contributed by atoms with Crippen molar-refractivity contribution in [2.45, 2.75) is 150 Å². The number of morpholine rings is 1. The number of aliphatic hydroxyl groups is 1. The number of likely N-dealkylation sites (tertiary alicyclic amines) is 1. The van der Waals surface area contributed by atoms with Crippen molar-refractivity contribution in [2.75, 3.05) is 39.4 Å². The lowest BCUT2D eigenvalue weighted by molar-refractivity contribution is -0.143. The van der Waals surface area contributed by atoms with Crippen molar-refractivity contribution >= 4 is 34.0 Å². The third kappa shape index (κ3) is 8.28. The molecule has 5 aliphatic rings. The highest BCUT2D eigenvalue weighted by molar-refractivity contribution is 7.87. The van der Waals surface area contributed by atoms with Crippen LogP contribution in [0, 0.1) is 27.1 Å². The van der Waals surface area contributed by atoms with E-state index in [1.807, 2.05) is 48.5 Å². The number of urea groups is 1. The fourth-order valence-corrected chi connectivity index (χ4v) is 10.6. The molecular formula is C38H67N7O8S. The number of hydrogen-bond donors (Lipinski definition) is 6. The second-order valence-corrected chi connectivity index (χ2v) is 20.9. The summed E-state index contributed by atoms with van der Waals surface area (Å²) in [5.41, 5.74) is -1.68. The molecule has 3 aliphatic carbocycles. The van der Waals surface area contributed by atoms with Crippen LogP contribution in [-0.4, -0.2) is 122 Å². The molecule has 6 N–H and O–H groups in total. The van der Waals surface area contributed by atoms with Gasteiger partial charge in [0.05, 0.1) is 19.3 Å². The van der Waals surface area contributed by atoms with Crippen molar-refractivity contribution in [3.05, 3.63) is 0 Å². The third-order valence-corrected chi connectivity index (χ3v) is 15.0. The number of nitrogens with one attached hydrogen (secondary N) is 5. The first kappa shape index (κ1) is 42.6. The smallest absolute Gasteiger partial charge is 0.315 e. The van der Waals surface area contributed by atoms with Crippen molar-refractivity contribution in [3.63, 3.8) is 0 Å². The van der Waals surface area contributed by atoms with Gasteiger partial charge in [0.15, 0.2) is 6.10 Å². The van der Waals surface area contributed by atoms with E-state index in [0.29, 0.717) is 39.0 Å².